The van der Waals surface area contributed by atoms with Crippen LogP contribution >= 0.6 is 0 Å². The second-order valence-electron chi connectivity index (χ2n) is 4.82. The Labute approximate surface area is 134 Å². The maximum Gasteiger partial charge on any atom is 0.242 e. The zero-order valence-corrected chi connectivity index (χ0v) is 13.6. The van der Waals surface area contributed by atoms with E-state index in [1.54, 1.807) is 0 Å². The van der Waals surface area contributed by atoms with Crippen LogP contribution in [0.1, 0.15) is 20.8 Å². The molecular weight excluding hydrogens is 306 g/mol. The highest BCUT2D eigenvalue weighted by Crippen LogP contribution is 1.82. The molecule has 5 amide bonds. The molecule has 0 aliphatic rings. The van der Waals surface area contributed by atoms with E-state index in [1.165, 1.54) is 27.8 Å². The zero-order chi connectivity index (χ0) is 18.0. The summed E-state index contributed by atoms with van der Waals surface area (Å²) in [6.45, 7) is 3.59. The van der Waals surface area contributed by atoms with Crippen LogP contribution in [-0.2, 0) is 24.0 Å². The molecule has 0 heterocycles. The normalized spacial score (nSPS) is 12.3. The third-order valence-corrected chi connectivity index (χ3v) is 2.70. The third kappa shape index (κ3) is 9.06. The number of carbonyl (C=O) groups excluding carboxylic acids is 5. The molecule has 0 fully saturated rings. The summed E-state index contributed by atoms with van der Waals surface area (Å²) in [6, 6.07) is -1.49. The molecule has 23 heavy (non-hydrogen) atoms. The Morgan fingerprint density at radius 2 is 1.30 bits per heavy atom. The van der Waals surface area contributed by atoms with Crippen molar-refractivity contribution in [2.24, 2.45) is 0 Å². The van der Waals surface area contributed by atoms with Gasteiger partial charge in [-0.1, -0.05) is 0 Å². The van der Waals surface area contributed by atoms with Crippen LogP contribution < -0.4 is 26.6 Å². The minimum Gasteiger partial charge on any atom is -0.357 e. The lowest BCUT2D eigenvalue weighted by molar-refractivity contribution is -0.130. The lowest BCUT2D eigenvalue weighted by atomic mass is 10.3. The Morgan fingerprint density at radius 1 is 0.783 bits per heavy atom. The number of nitrogens with one attached hydrogen (secondary N) is 5. The quantitative estimate of drug-likeness (QED) is 0.322. The number of likely N-dealkylation sites (N-methyl/N-ethyl adjacent to an activating group) is 1. The molecule has 0 aromatic carbocycles. The fourth-order valence-electron chi connectivity index (χ4n) is 1.51. The first kappa shape index (κ1) is 20.3. The third-order valence-electron chi connectivity index (χ3n) is 2.70. The van der Waals surface area contributed by atoms with Crippen molar-refractivity contribution < 1.29 is 24.0 Å². The van der Waals surface area contributed by atoms with Crippen LogP contribution in [0.2, 0.25) is 0 Å². The number of hydrogen-bond donors (Lipinski definition) is 5. The molecule has 0 radical (unpaired) electrons. The molecule has 0 saturated heterocycles. The van der Waals surface area contributed by atoms with Gasteiger partial charge in [0.25, 0.3) is 0 Å². The molecule has 0 aliphatic heterocycles. The molecule has 0 aliphatic carbocycles. The van der Waals surface area contributed by atoms with Crippen LogP contribution in [0.3, 0.4) is 0 Å². The Balaban J connectivity index is 4.03. The monoisotopic (exact) mass is 329 g/mol. The smallest absolute Gasteiger partial charge is 0.242 e. The van der Waals surface area contributed by atoms with Gasteiger partial charge in [0.2, 0.25) is 29.5 Å². The van der Waals surface area contributed by atoms with Crippen molar-refractivity contribution in [2.75, 3.05) is 20.1 Å². The lowest BCUT2D eigenvalue weighted by Crippen LogP contribution is -2.49. The summed E-state index contributed by atoms with van der Waals surface area (Å²) in [5.41, 5.74) is 0. The minimum absolute atomic E-state index is 0.322. The second-order valence-corrected chi connectivity index (χ2v) is 4.82. The number of rotatable bonds is 8. The molecule has 0 saturated carbocycles. The minimum atomic E-state index is -0.767. The van der Waals surface area contributed by atoms with Gasteiger partial charge in [-0.3, -0.25) is 24.0 Å². The molecule has 0 bridgehead atoms. The largest absolute Gasteiger partial charge is 0.357 e. The molecule has 0 aromatic heterocycles. The first-order chi connectivity index (χ1) is 10.7. The molecular formula is C13H23N5O5. The van der Waals surface area contributed by atoms with E-state index >= 15 is 0 Å². The van der Waals surface area contributed by atoms with E-state index in [9.17, 15) is 24.0 Å². The van der Waals surface area contributed by atoms with Gasteiger partial charge in [-0.15, -0.1) is 0 Å². The molecule has 0 rings (SSSR count). The van der Waals surface area contributed by atoms with Gasteiger partial charge in [0.15, 0.2) is 0 Å². The lowest BCUT2D eigenvalue weighted by Gasteiger charge is -2.14. The summed E-state index contributed by atoms with van der Waals surface area (Å²) in [6.07, 6.45) is 0. The molecule has 130 valence electrons. The number of amides is 5. The maximum absolute atomic E-state index is 11.5. The molecule has 10 heteroatoms. The Kier molecular flexibility index (Phi) is 8.97. The van der Waals surface area contributed by atoms with Gasteiger partial charge in [0, 0.05) is 14.0 Å². The molecule has 0 spiro atoms. The van der Waals surface area contributed by atoms with Crippen molar-refractivity contribution in [1.29, 1.82) is 0 Å². The molecule has 0 unspecified atom stereocenters. The summed E-state index contributed by atoms with van der Waals surface area (Å²) in [5.74, 6) is -2.35. The summed E-state index contributed by atoms with van der Waals surface area (Å²) in [7, 11) is 1.44. The van der Waals surface area contributed by atoms with Crippen LogP contribution in [0.4, 0.5) is 0 Å². The summed E-state index contributed by atoms with van der Waals surface area (Å²) >= 11 is 0. The molecule has 2 atom stereocenters. The van der Waals surface area contributed by atoms with Gasteiger partial charge in [0.1, 0.15) is 12.1 Å². The maximum atomic E-state index is 11.5. The highest BCUT2D eigenvalue weighted by atomic mass is 16.2. The van der Waals surface area contributed by atoms with Gasteiger partial charge in [-0.05, 0) is 13.8 Å². The average molecular weight is 329 g/mol. The first-order valence-corrected chi connectivity index (χ1v) is 6.99. The molecule has 5 N–H and O–H groups in total. The van der Waals surface area contributed by atoms with E-state index < -0.39 is 29.8 Å². The van der Waals surface area contributed by atoms with Crippen LogP contribution in [0, 0.1) is 0 Å². The molecule has 0 aromatic rings. The van der Waals surface area contributed by atoms with Crippen LogP contribution in [0.15, 0.2) is 0 Å². The van der Waals surface area contributed by atoms with E-state index in [0.29, 0.717) is 0 Å². The van der Waals surface area contributed by atoms with Crippen molar-refractivity contribution >= 4 is 29.5 Å². The van der Waals surface area contributed by atoms with Gasteiger partial charge >= 0.3 is 0 Å². The van der Waals surface area contributed by atoms with E-state index in [2.05, 4.69) is 26.6 Å². The predicted molar refractivity (Wildman–Crippen MR) is 81.0 cm³/mol. The molecule has 10 nitrogen and oxygen atoms in total. The van der Waals surface area contributed by atoms with Gasteiger partial charge in [0.05, 0.1) is 13.1 Å². The fourth-order valence-corrected chi connectivity index (χ4v) is 1.51. The van der Waals surface area contributed by atoms with Crippen molar-refractivity contribution in [3.63, 3.8) is 0 Å². The Bertz CT molecular complexity index is 479. The van der Waals surface area contributed by atoms with Gasteiger partial charge < -0.3 is 26.6 Å². The van der Waals surface area contributed by atoms with Crippen LogP contribution in [0.5, 0.6) is 0 Å². The first-order valence-electron chi connectivity index (χ1n) is 6.99. The predicted octanol–water partition coefficient (Wildman–Crippen LogP) is -3.01. The van der Waals surface area contributed by atoms with Crippen molar-refractivity contribution in [3.8, 4) is 0 Å². The average Bonchev–Trinajstić information content (AvgIpc) is 2.48. The number of carbonyl (C=O) groups is 5. The standard InChI is InChI=1S/C13H23N5O5/c1-7(12(22)14-4)18-11(21)6-15-10(20)5-16-13(23)8(2)17-9(3)19/h7-8H,5-6H2,1-4H3,(H,14,22)(H,15,20)(H,16,23)(H,17,19)(H,18,21)/t7-,8+/m1/s1. The fraction of sp³-hybridized carbons (Fsp3) is 0.615. The second kappa shape index (κ2) is 10.1. The van der Waals surface area contributed by atoms with E-state index in [-0.39, 0.29) is 24.9 Å². The van der Waals surface area contributed by atoms with E-state index in [1.807, 2.05) is 0 Å². The Morgan fingerprint density at radius 3 is 1.83 bits per heavy atom. The highest BCUT2D eigenvalue weighted by Gasteiger charge is 2.16. The topological polar surface area (TPSA) is 146 Å². The van der Waals surface area contributed by atoms with Crippen molar-refractivity contribution in [3.05, 3.63) is 0 Å². The van der Waals surface area contributed by atoms with Gasteiger partial charge in [-0.25, -0.2) is 0 Å². The van der Waals surface area contributed by atoms with Crippen molar-refractivity contribution in [2.45, 2.75) is 32.9 Å². The highest BCUT2D eigenvalue weighted by molar-refractivity contribution is 5.92. The van der Waals surface area contributed by atoms with E-state index in [0.717, 1.165) is 0 Å². The van der Waals surface area contributed by atoms with E-state index in [4.69, 9.17) is 0 Å². The zero-order valence-electron chi connectivity index (χ0n) is 13.6. The van der Waals surface area contributed by atoms with Crippen LogP contribution in [-0.4, -0.2) is 61.8 Å². The summed E-state index contributed by atoms with van der Waals surface area (Å²) in [5, 5.41) is 11.7. The van der Waals surface area contributed by atoms with Gasteiger partial charge in [-0.2, -0.15) is 0 Å². The summed E-state index contributed by atoms with van der Waals surface area (Å²) < 4.78 is 0. The Hall–Kier alpha value is -2.65. The van der Waals surface area contributed by atoms with Crippen molar-refractivity contribution in [1.82, 2.24) is 26.6 Å². The SMILES string of the molecule is CNC(=O)[C@@H](C)NC(=O)CNC(=O)CNC(=O)[C@H](C)NC(C)=O. The summed E-state index contributed by atoms with van der Waals surface area (Å²) in [4.78, 5) is 56.6. The number of hydrogen-bond acceptors (Lipinski definition) is 5. The van der Waals surface area contributed by atoms with Crippen LogP contribution in [0.25, 0.3) is 0 Å².